The first-order valence-corrected chi connectivity index (χ1v) is 4.38. The van der Waals surface area contributed by atoms with E-state index in [-0.39, 0.29) is 12.0 Å². The van der Waals surface area contributed by atoms with E-state index in [1.807, 2.05) is 31.2 Å². The maximum Gasteiger partial charge on any atom is 0.265 e. The van der Waals surface area contributed by atoms with Crippen molar-refractivity contribution in [3.63, 3.8) is 0 Å². The van der Waals surface area contributed by atoms with Gasteiger partial charge >= 0.3 is 0 Å². The van der Waals surface area contributed by atoms with Crippen molar-refractivity contribution in [2.75, 3.05) is 5.32 Å². The average Bonchev–Trinajstić information content (AvgIpc) is 2.17. The summed E-state index contributed by atoms with van der Waals surface area (Å²) in [7, 11) is 0. The topological polar surface area (TPSA) is 38.3 Å². The molecule has 3 heteroatoms. The number of amides is 1. The Kier molecular flexibility index (Phi) is 1.93. The van der Waals surface area contributed by atoms with Crippen LogP contribution >= 0.6 is 0 Å². The molecule has 0 spiro atoms. The van der Waals surface area contributed by atoms with Crippen molar-refractivity contribution in [3.05, 3.63) is 24.3 Å². The Bertz CT molecular complexity index is 335. The van der Waals surface area contributed by atoms with Crippen molar-refractivity contribution in [2.45, 2.75) is 19.4 Å². The molecule has 1 heterocycles. The lowest BCUT2D eigenvalue weighted by Crippen LogP contribution is -2.36. The molecular weight excluding hydrogens is 166 g/mol. The molecule has 0 aromatic heterocycles. The normalized spacial score (nSPS) is 20.1. The highest BCUT2D eigenvalue weighted by atomic mass is 16.5. The van der Waals surface area contributed by atoms with E-state index in [0.717, 1.165) is 11.4 Å². The van der Waals surface area contributed by atoms with Crippen molar-refractivity contribution in [3.8, 4) is 5.75 Å². The van der Waals surface area contributed by atoms with Gasteiger partial charge in [-0.1, -0.05) is 19.1 Å². The van der Waals surface area contributed by atoms with E-state index in [9.17, 15) is 4.79 Å². The van der Waals surface area contributed by atoms with E-state index < -0.39 is 0 Å². The summed E-state index contributed by atoms with van der Waals surface area (Å²) in [5, 5.41) is 2.80. The van der Waals surface area contributed by atoms with Crippen LogP contribution in [0, 0.1) is 0 Å². The van der Waals surface area contributed by atoms with E-state index >= 15 is 0 Å². The van der Waals surface area contributed by atoms with E-state index in [2.05, 4.69) is 5.32 Å². The molecule has 3 nitrogen and oxygen atoms in total. The summed E-state index contributed by atoms with van der Waals surface area (Å²) in [6, 6.07) is 7.45. The van der Waals surface area contributed by atoms with E-state index in [4.69, 9.17) is 4.74 Å². The van der Waals surface area contributed by atoms with Crippen molar-refractivity contribution in [1.29, 1.82) is 0 Å². The Morgan fingerprint density at radius 3 is 3.00 bits per heavy atom. The summed E-state index contributed by atoms with van der Waals surface area (Å²) in [5.74, 6) is 0.704. The molecule has 0 bridgehead atoms. The summed E-state index contributed by atoms with van der Waals surface area (Å²) in [6.07, 6.45) is 0.357. The Balaban J connectivity index is 2.33. The van der Waals surface area contributed by atoms with Gasteiger partial charge in [0, 0.05) is 0 Å². The van der Waals surface area contributed by atoms with Crippen LogP contribution in [0.2, 0.25) is 0 Å². The second-order valence-electron chi connectivity index (χ2n) is 3.00. The Morgan fingerprint density at radius 2 is 2.23 bits per heavy atom. The number of hydrogen-bond acceptors (Lipinski definition) is 2. The fraction of sp³-hybridized carbons (Fsp3) is 0.300. The van der Waals surface area contributed by atoms with Crippen LogP contribution in [0.5, 0.6) is 5.75 Å². The third kappa shape index (κ3) is 1.37. The Morgan fingerprint density at radius 1 is 1.46 bits per heavy atom. The molecule has 1 aromatic carbocycles. The quantitative estimate of drug-likeness (QED) is 0.710. The lowest BCUT2D eigenvalue weighted by molar-refractivity contribution is -0.123. The molecule has 0 radical (unpaired) electrons. The number of benzene rings is 1. The summed E-state index contributed by atoms with van der Waals surface area (Å²) in [4.78, 5) is 11.4. The number of anilines is 1. The van der Waals surface area contributed by atoms with Crippen LogP contribution < -0.4 is 10.1 Å². The van der Waals surface area contributed by atoms with Gasteiger partial charge in [-0.15, -0.1) is 0 Å². The predicted molar refractivity (Wildman–Crippen MR) is 49.8 cm³/mol. The minimum absolute atomic E-state index is 0.0544. The van der Waals surface area contributed by atoms with Crippen LogP contribution in [-0.2, 0) is 4.79 Å². The molecule has 68 valence electrons. The minimum Gasteiger partial charge on any atom is -0.478 e. The zero-order valence-electron chi connectivity index (χ0n) is 7.41. The first-order valence-electron chi connectivity index (χ1n) is 4.38. The lowest BCUT2D eigenvalue weighted by atomic mass is 10.2. The molecule has 13 heavy (non-hydrogen) atoms. The molecule has 0 fully saturated rings. The summed E-state index contributed by atoms with van der Waals surface area (Å²) in [5.41, 5.74) is 0.761. The molecule has 1 atom stereocenters. The summed E-state index contributed by atoms with van der Waals surface area (Å²) >= 11 is 0. The number of para-hydroxylation sites is 2. The SMILES string of the molecule is CC[C@H]1Oc2ccccc2NC1=O. The highest BCUT2D eigenvalue weighted by molar-refractivity contribution is 5.97. The van der Waals surface area contributed by atoms with Gasteiger partial charge in [-0.25, -0.2) is 0 Å². The van der Waals surface area contributed by atoms with Gasteiger partial charge in [0.25, 0.3) is 5.91 Å². The first kappa shape index (κ1) is 8.10. The molecule has 2 rings (SSSR count). The third-order valence-corrected chi connectivity index (χ3v) is 2.08. The fourth-order valence-corrected chi connectivity index (χ4v) is 1.36. The van der Waals surface area contributed by atoms with Gasteiger partial charge in [-0.05, 0) is 18.6 Å². The maximum absolute atomic E-state index is 11.4. The molecule has 0 aliphatic carbocycles. The van der Waals surface area contributed by atoms with Gasteiger partial charge in [-0.3, -0.25) is 4.79 Å². The van der Waals surface area contributed by atoms with Crippen LogP contribution in [0.3, 0.4) is 0 Å². The number of carbonyl (C=O) groups excluding carboxylic acids is 1. The molecule has 1 N–H and O–H groups in total. The number of ether oxygens (including phenoxy) is 1. The zero-order valence-corrected chi connectivity index (χ0v) is 7.41. The first-order chi connectivity index (χ1) is 6.31. The number of hydrogen-bond donors (Lipinski definition) is 1. The maximum atomic E-state index is 11.4. The van der Waals surface area contributed by atoms with Crippen LogP contribution in [0.15, 0.2) is 24.3 Å². The highest BCUT2D eigenvalue weighted by Gasteiger charge is 2.25. The fourth-order valence-electron chi connectivity index (χ4n) is 1.36. The number of carbonyl (C=O) groups is 1. The van der Waals surface area contributed by atoms with E-state index in [1.165, 1.54) is 0 Å². The van der Waals surface area contributed by atoms with Crippen molar-refractivity contribution in [1.82, 2.24) is 0 Å². The van der Waals surface area contributed by atoms with E-state index in [1.54, 1.807) is 0 Å². The molecule has 0 saturated heterocycles. The van der Waals surface area contributed by atoms with Crippen LogP contribution in [-0.4, -0.2) is 12.0 Å². The predicted octanol–water partition coefficient (Wildman–Crippen LogP) is 1.80. The molecule has 1 aromatic rings. The standard InChI is InChI=1S/C10H11NO2/c1-2-8-10(12)11-7-5-3-4-6-9(7)13-8/h3-6,8H,2H2,1H3,(H,11,12)/t8-/m1/s1. The minimum atomic E-state index is -0.338. The van der Waals surface area contributed by atoms with Gasteiger partial charge < -0.3 is 10.1 Å². The van der Waals surface area contributed by atoms with E-state index in [0.29, 0.717) is 6.42 Å². The van der Waals surface area contributed by atoms with Gasteiger partial charge in [0.2, 0.25) is 0 Å². The lowest BCUT2D eigenvalue weighted by Gasteiger charge is -2.24. The second kappa shape index (κ2) is 3.09. The van der Waals surface area contributed by atoms with Gasteiger partial charge in [0.15, 0.2) is 6.10 Å². The smallest absolute Gasteiger partial charge is 0.265 e. The summed E-state index contributed by atoms with van der Waals surface area (Å²) < 4.78 is 5.48. The van der Waals surface area contributed by atoms with Crippen LogP contribution in [0.1, 0.15) is 13.3 Å². The number of fused-ring (bicyclic) bond motifs is 1. The largest absolute Gasteiger partial charge is 0.478 e. The van der Waals surface area contributed by atoms with Crippen LogP contribution in [0.25, 0.3) is 0 Å². The van der Waals surface area contributed by atoms with Gasteiger partial charge in [0.05, 0.1) is 5.69 Å². The zero-order chi connectivity index (χ0) is 9.26. The van der Waals surface area contributed by atoms with Crippen molar-refractivity contribution >= 4 is 11.6 Å². The van der Waals surface area contributed by atoms with Crippen LogP contribution in [0.4, 0.5) is 5.69 Å². The molecule has 1 aliphatic heterocycles. The number of nitrogens with one attached hydrogen (secondary N) is 1. The molecule has 1 amide bonds. The van der Waals surface area contributed by atoms with Crippen molar-refractivity contribution < 1.29 is 9.53 Å². The Hall–Kier alpha value is -1.51. The highest BCUT2D eigenvalue weighted by Crippen LogP contribution is 2.29. The Labute approximate surface area is 76.7 Å². The van der Waals surface area contributed by atoms with Crippen molar-refractivity contribution in [2.24, 2.45) is 0 Å². The monoisotopic (exact) mass is 177 g/mol. The third-order valence-electron chi connectivity index (χ3n) is 2.08. The molecule has 0 unspecified atom stereocenters. The molecule has 0 saturated carbocycles. The number of rotatable bonds is 1. The van der Waals surface area contributed by atoms with Gasteiger partial charge in [-0.2, -0.15) is 0 Å². The average molecular weight is 177 g/mol. The second-order valence-corrected chi connectivity index (χ2v) is 3.00. The molecule has 1 aliphatic rings. The van der Waals surface area contributed by atoms with Gasteiger partial charge in [0.1, 0.15) is 5.75 Å². The molecular formula is C10H11NO2. The summed E-state index contributed by atoms with van der Waals surface area (Å²) in [6.45, 7) is 1.93.